The highest BCUT2D eigenvalue weighted by Gasteiger charge is 2.50. The Morgan fingerprint density at radius 3 is 2.52 bits per heavy atom. The van der Waals surface area contributed by atoms with Crippen molar-refractivity contribution in [3.63, 3.8) is 0 Å². The summed E-state index contributed by atoms with van der Waals surface area (Å²) in [7, 11) is 0. The number of nitrogens with zero attached hydrogens (tertiary/aromatic N) is 2. The molecule has 0 aromatic heterocycles. The lowest BCUT2D eigenvalue weighted by Gasteiger charge is -2.37. The van der Waals surface area contributed by atoms with Gasteiger partial charge in [-0.1, -0.05) is 44.9 Å². The summed E-state index contributed by atoms with van der Waals surface area (Å²) in [5, 5.41) is 0. The Balaban J connectivity index is 1.26. The number of cyclic esters (lactones) is 1. The average molecular weight is 371 g/mol. The van der Waals surface area contributed by atoms with Crippen LogP contribution in [0.3, 0.4) is 0 Å². The highest BCUT2D eigenvalue weighted by atomic mass is 16.6. The lowest BCUT2D eigenvalue weighted by atomic mass is 9.83. The number of benzene rings is 1. The fourth-order valence-corrected chi connectivity index (χ4v) is 5.26. The number of ether oxygens (including phenoxy) is 1. The van der Waals surface area contributed by atoms with Crippen LogP contribution >= 0.6 is 0 Å². The molecule has 4 nitrogen and oxygen atoms in total. The predicted molar refractivity (Wildman–Crippen MR) is 109 cm³/mol. The van der Waals surface area contributed by atoms with Gasteiger partial charge in [0.2, 0.25) is 0 Å². The second-order valence-corrected chi connectivity index (χ2v) is 9.05. The molecule has 0 radical (unpaired) electrons. The van der Waals surface area contributed by atoms with E-state index in [0.717, 1.165) is 58.4 Å². The summed E-state index contributed by atoms with van der Waals surface area (Å²) in [6, 6.07) is 8.83. The topological polar surface area (TPSA) is 32.8 Å². The third kappa shape index (κ3) is 3.87. The van der Waals surface area contributed by atoms with Crippen molar-refractivity contribution in [1.82, 2.24) is 4.90 Å². The maximum atomic E-state index is 12.3. The molecular weight excluding hydrogens is 336 g/mol. The number of anilines is 1. The van der Waals surface area contributed by atoms with Gasteiger partial charge in [-0.05, 0) is 36.8 Å². The summed E-state index contributed by atoms with van der Waals surface area (Å²) in [6.07, 6.45) is 6.61. The molecule has 1 aromatic rings. The van der Waals surface area contributed by atoms with Crippen LogP contribution in [0, 0.1) is 5.41 Å². The van der Waals surface area contributed by atoms with E-state index in [1.807, 2.05) is 0 Å². The smallest absolute Gasteiger partial charge is 0.312 e. The Morgan fingerprint density at radius 2 is 1.81 bits per heavy atom. The number of esters is 1. The van der Waals surface area contributed by atoms with Gasteiger partial charge >= 0.3 is 5.97 Å². The minimum atomic E-state index is -0.107. The molecule has 3 fully saturated rings. The van der Waals surface area contributed by atoms with Crippen molar-refractivity contribution < 1.29 is 9.53 Å². The second kappa shape index (κ2) is 7.83. The van der Waals surface area contributed by atoms with Crippen LogP contribution in [0.15, 0.2) is 24.3 Å². The summed E-state index contributed by atoms with van der Waals surface area (Å²) in [6.45, 7) is 9.95. The van der Waals surface area contributed by atoms with Gasteiger partial charge in [-0.15, -0.1) is 0 Å². The largest absolute Gasteiger partial charge is 0.462 e. The minimum Gasteiger partial charge on any atom is -0.462 e. The maximum absolute atomic E-state index is 12.3. The molecule has 1 saturated carbocycles. The summed E-state index contributed by atoms with van der Waals surface area (Å²) >= 11 is 0. The first-order valence-electron chi connectivity index (χ1n) is 10.8. The summed E-state index contributed by atoms with van der Waals surface area (Å²) in [5.41, 5.74) is 2.75. The van der Waals surface area contributed by atoms with E-state index in [1.54, 1.807) is 0 Å². The van der Waals surface area contributed by atoms with E-state index in [4.69, 9.17) is 4.74 Å². The molecule has 1 aliphatic carbocycles. The quantitative estimate of drug-likeness (QED) is 0.727. The maximum Gasteiger partial charge on any atom is 0.312 e. The van der Waals surface area contributed by atoms with Crippen LogP contribution in [0.4, 0.5) is 5.69 Å². The van der Waals surface area contributed by atoms with Crippen LogP contribution < -0.4 is 4.90 Å². The van der Waals surface area contributed by atoms with Gasteiger partial charge in [0.05, 0.1) is 5.41 Å². The Hall–Kier alpha value is -1.55. The predicted octanol–water partition coefficient (Wildman–Crippen LogP) is 4.20. The van der Waals surface area contributed by atoms with Crippen LogP contribution in [-0.2, 0) is 9.53 Å². The fraction of sp³-hybridized carbons (Fsp3) is 0.696. The van der Waals surface area contributed by atoms with Crippen LogP contribution in [0.25, 0.3) is 0 Å². The van der Waals surface area contributed by atoms with Gasteiger partial charge in [-0.25, -0.2) is 0 Å². The van der Waals surface area contributed by atoms with Crippen molar-refractivity contribution in [2.75, 3.05) is 37.6 Å². The van der Waals surface area contributed by atoms with Crippen molar-refractivity contribution in [3.05, 3.63) is 29.8 Å². The molecule has 1 atom stereocenters. The van der Waals surface area contributed by atoms with Gasteiger partial charge in [0.25, 0.3) is 0 Å². The van der Waals surface area contributed by atoms with Gasteiger partial charge in [-0.2, -0.15) is 0 Å². The van der Waals surface area contributed by atoms with Gasteiger partial charge in [-0.3, -0.25) is 9.69 Å². The molecule has 0 unspecified atom stereocenters. The highest BCUT2D eigenvalue weighted by Crippen LogP contribution is 2.48. The zero-order chi connectivity index (χ0) is 18.9. The first-order chi connectivity index (χ1) is 13.1. The Bertz CT molecular complexity index is 658. The number of hydrogen-bond acceptors (Lipinski definition) is 4. The van der Waals surface area contributed by atoms with E-state index in [1.165, 1.54) is 24.1 Å². The van der Waals surface area contributed by atoms with Crippen LogP contribution in [0.2, 0.25) is 0 Å². The normalized spacial score (nSPS) is 25.5. The summed E-state index contributed by atoms with van der Waals surface area (Å²) in [4.78, 5) is 17.4. The Labute approximate surface area is 163 Å². The van der Waals surface area contributed by atoms with E-state index >= 15 is 0 Å². The number of rotatable bonds is 5. The molecule has 2 aliphatic heterocycles. The molecule has 148 valence electrons. The molecule has 27 heavy (non-hydrogen) atoms. The van der Waals surface area contributed by atoms with E-state index in [0.29, 0.717) is 5.92 Å². The number of carbonyl (C=O) groups excluding carboxylic acids is 1. The standard InChI is InChI=1S/C23H34N2O2/c1-18(2)20-7-3-4-8-21(20)25-15-13-24(14-16-25)12-9-19-17-23(22(26)27-19)10-5-6-11-23/h3-4,7-8,18-19H,5-6,9-17H2,1-2H3/t19-/m1/s1. The molecule has 0 N–H and O–H groups in total. The lowest BCUT2D eigenvalue weighted by Crippen LogP contribution is -2.47. The number of carbonyl (C=O) groups is 1. The molecule has 1 spiro atoms. The van der Waals surface area contributed by atoms with Crippen LogP contribution in [-0.4, -0.2) is 49.7 Å². The van der Waals surface area contributed by atoms with Crippen LogP contribution in [0.1, 0.15) is 63.9 Å². The first-order valence-corrected chi connectivity index (χ1v) is 10.8. The fourth-order valence-electron chi connectivity index (χ4n) is 5.26. The van der Waals surface area contributed by atoms with E-state index in [2.05, 4.69) is 47.9 Å². The molecule has 3 aliphatic rings. The highest BCUT2D eigenvalue weighted by molar-refractivity contribution is 5.79. The van der Waals surface area contributed by atoms with Crippen molar-refractivity contribution in [3.8, 4) is 0 Å². The number of hydrogen-bond donors (Lipinski definition) is 0. The van der Waals surface area contributed by atoms with Gasteiger partial charge in [0.15, 0.2) is 0 Å². The molecule has 2 heterocycles. The Kier molecular flexibility index (Phi) is 5.45. The molecule has 0 amide bonds. The van der Waals surface area contributed by atoms with Gasteiger partial charge in [0.1, 0.15) is 6.10 Å². The second-order valence-electron chi connectivity index (χ2n) is 9.05. The first kappa shape index (κ1) is 18.8. The number of para-hydroxylation sites is 1. The van der Waals surface area contributed by atoms with Crippen LogP contribution in [0.5, 0.6) is 0 Å². The third-order valence-corrected chi connectivity index (χ3v) is 6.92. The van der Waals surface area contributed by atoms with Crippen molar-refractivity contribution >= 4 is 11.7 Å². The summed E-state index contributed by atoms with van der Waals surface area (Å²) in [5.74, 6) is 0.652. The molecule has 4 rings (SSSR count). The van der Waals surface area contributed by atoms with Crippen molar-refractivity contribution in [2.24, 2.45) is 5.41 Å². The average Bonchev–Trinajstić information content (AvgIpc) is 3.28. The lowest BCUT2D eigenvalue weighted by molar-refractivity contribution is -0.148. The molecule has 0 bridgehead atoms. The van der Waals surface area contributed by atoms with Gasteiger partial charge in [0, 0.05) is 44.8 Å². The zero-order valence-corrected chi connectivity index (χ0v) is 17.0. The van der Waals surface area contributed by atoms with E-state index in [-0.39, 0.29) is 17.5 Å². The van der Waals surface area contributed by atoms with E-state index in [9.17, 15) is 4.79 Å². The minimum absolute atomic E-state index is 0.0973. The third-order valence-electron chi connectivity index (χ3n) is 6.92. The van der Waals surface area contributed by atoms with Crippen molar-refractivity contribution in [2.45, 2.75) is 64.4 Å². The SMILES string of the molecule is CC(C)c1ccccc1N1CCN(CC[C@@H]2CC3(CCCC3)C(=O)O2)CC1. The number of piperazine rings is 1. The molecular formula is C23H34N2O2. The Morgan fingerprint density at radius 1 is 1.11 bits per heavy atom. The molecule has 2 saturated heterocycles. The molecule has 4 heteroatoms. The monoisotopic (exact) mass is 370 g/mol. The van der Waals surface area contributed by atoms with Gasteiger partial charge < -0.3 is 9.64 Å². The summed E-state index contributed by atoms with van der Waals surface area (Å²) < 4.78 is 5.75. The van der Waals surface area contributed by atoms with Crippen molar-refractivity contribution in [1.29, 1.82) is 0 Å². The van der Waals surface area contributed by atoms with E-state index < -0.39 is 0 Å². The zero-order valence-electron chi connectivity index (χ0n) is 17.0. The molecule has 1 aromatic carbocycles.